The predicted octanol–water partition coefficient (Wildman–Crippen LogP) is 3.07. The Bertz CT molecular complexity index is 569. The van der Waals surface area contributed by atoms with Crippen molar-refractivity contribution in [1.29, 1.82) is 0 Å². The van der Waals surface area contributed by atoms with Crippen LogP contribution in [0.3, 0.4) is 0 Å². The molecule has 2 aromatic rings. The van der Waals surface area contributed by atoms with Crippen molar-refractivity contribution in [3.8, 4) is 0 Å². The molecule has 1 heterocycles. The van der Waals surface area contributed by atoms with E-state index in [4.69, 9.17) is 11.5 Å². The van der Waals surface area contributed by atoms with Crippen molar-refractivity contribution < 1.29 is 0 Å². The van der Waals surface area contributed by atoms with Gasteiger partial charge in [-0.1, -0.05) is 18.2 Å². The molecule has 0 amide bonds. The molecule has 2 rings (SSSR count). The average molecular weight is 273 g/mol. The van der Waals surface area contributed by atoms with E-state index in [1.807, 2.05) is 25.1 Å². The summed E-state index contributed by atoms with van der Waals surface area (Å²) >= 11 is 1.76. The molecule has 4 N–H and O–H groups in total. The van der Waals surface area contributed by atoms with Gasteiger partial charge in [0.25, 0.3) is 0 Å². The first-order valence-corrected chi connectivity index (χ1v) is 7.22. The molecule has 0 radical (unpaired) electrons. The number of anilines is 1. The van der Waals surface area contributed by atoms with Crippen LogP contribution >= 0.6 is 11.8 Å². The highest BCUT2D eigenvalue weighted by Gasteiger charge is 2.12. The van der Waals surface area contributed by atoms with Crippen LogP contribution in [-0.4, -0.2) is 10.7 Å². The topological polar surface area (TPSA) is 64.9 Å². The molecule has 3 nitrogen and oxygen atoms in total. The van der Waals surface area contributed by atoms with Crippen molar-refractivity contribution in [2.45, 2.75) is 24.8 Å². The van der Waals surface area contributed by atoms with Crippen LogP contribution < -0.4 is 11.5 Å². The summed E-state index contributed by atoms with van der Waals surface area (Å²) in [6, 6.07) is 10.2. The lowest BCUT2D eigenvalue weighted by Crippen LogP contribution is -2.16. The summed E-state index contributed by atoms with van der Waals surface area (Å²) in [5, 5.41) is 0. The van der Waals surface area contributed by atoms with Crippen LogP contribution in [0.2, 0.25) is 0 Å². The molecule has 1 atom stereocenters. The molecular weight excluding hydrogens is 254 g/mol. The standard InChI is InChI=1S/C15H19N3S/c1-10-7-12(15(17)18-8-10)13(16)9-19-14-6-4-3-5-11(14)2/h3-8,13H,9,16H2,1-2H3,(H2,17,18). The number of rotatable bonds is 4. The SMILES string of the molecule is Cc1cnc(N)c(C(N)CSc2ccccc2C)c1. The van der Waals surface area contributed by atoms with Gasteiger partial charge in [0.15, 0.2) is 0 Å². The third kappa shape index (κ3) is 3.49. The number of hydrogen-bond acceptors (Lipinski definition) is 4. The molecular formula is C15H19N3S. The molecule has 0 aliphatic carbocycles. The van der Waals surface area contributed by atoms with Crippen LogP contribution in [-0.2, 0) is 0 Å². The number of nitrogens with two attached hydrogens (primary N) is 2. The minimum absolute atomic E-state index is 0.1000. The number of nitrogen functional groups attached to an aromatic ring is 1. The summed E-state index contributed by atoms with van der Waals surface area (Å²) in [4.78, 5) is 5.42. The number of benzene rings is 1. The molecule has 1 unspecified atom stereocenters. The van der Waals surface area contributed by atoms with E-state index in [0.717, 1.165) is 16.9 Å². The Hall–Kier alpha value is -1.52. The first-order valence-electron chi connectivity index (χ1n) is 6.24. The second-order valence-corrected chi connectivity index (χ2v) is 5.73. The van der Waals surface area contributed by atoms with Gasteiger partial charge in [0.1, 0.15) is 5.82 Å². The Morgan fingerprint density at radius 3 is 2.74 bits per heavy atom. The number of aryl methyl sites for hydroxylation is 2. The van der Waals surface area contributed by atoms with Gasteiger partial charge >= 0.3 is 0 Å². The molecule has 4 heteroatoms. The van der Waals surface area contributed by atoms with Crippen LogP contribution in [0.5, 0.6) is 0 Å². The molecule has 0 fully saturated rings. The summed E-state index contributed by atoms with van der Waals surface area (Å²) in [6.45, 7) is 4.10. The summed E-state index contributed by atoms with van der Waals surface area (Å²) in [6.07, 6.45) is 1.76. The molecule has 1 aromatic carbocycles. The van der Waals surface area contributed by atoms with Crippen molar-refractivity contribution in [2.24, 2.45) is 5.73 Å². The molecule has 0 saturated heterocycles. The van der Waals surface area contributed by atoms with Crippen molar-refractivity contribution >= 4 is 17.6 Å². The largest absolute Gasteiger partial charge is 0.383 e. The van der Waals surface area contributed by atoms with Crippen LogP contribution in [0.15, 0.2) is 41.4 Å². The fourth-order valence-corrected chi connectivity index (χ4v) is 2.90. The lowest BCUT2D eigenvalue weighted by molar-refractivity contribution is 0.826. The van der Waals surface area contributed by atoms with Gasteiger partial charge in [-0.2, -0.15) is 0 Å². The van der Waals surface area contributed by atoms with E-state index in [1.54, 1.807) is 18.0 Å². The number of thioether (sulfide) groups is 1. The van der Waals surface area contributed by atoms with E-state index in [-0.39, 0.29) is 6.04 Å². The smallest absolute Gasteiger partial charge is 0.128 e. The van der Waals surface area contributed by atoms with E-state index in [0.29, 0.717) is 5.82 Å². The molecule has 0 spiro atoms. The van der Waals surface area contributed by atoms with E-state index < -0.39 is 0 Å². The molecule has 0 saturated carbocycles. The predicted molar refractivity (Wildman–Crippen MR) is 82.2 cm³/mol. The Morgan fingerprint density at radius 1 is 1.26 bits per heavy atom. The maximum absolute atomic E-state index is 6.22. The van der Waals surface area contributed by atoms with E-state index in [9.17, 15) is 0 Å². The molecule has 0 aliphatic heterocycles. The van der Waals surface area contributed by atoms with Gasteiger partial charge in [0.05, 0.1) is 0 Å². The first kappa shape index (κ1) is 13.9. The Balaban J connectivity index is 2.07. The van der Waals surface area contributed by atoms with Crippen LogP contribution in [0.1, 0.15) is 22.7 Å². The summed E-state index contributed by atoms with van der Waals surface area (Å²) in [5.41, 5.74) is 15.4. The second kappa shape index (κ2) is 6.08. The Labute approximate surface area is 118 Å². The average Bonchev–Trinajstić information content (AvgIpc) is 2.40. The van der Waals surface area contributed by atoms with Crippen molar-refractivity contribution in [3.63, 3.8) is 0 Å². The maximum Gasteiger partial charge on any atom is 0.128 e. The van der Waals surface area contributed by atoms with Gasteiger partial charge in [0, 0.05) is 28.5 Å². The molecule has 100 valence electrons. The molecule has 19 heavy (non-hydrogen) atoms. The van der Waals surface area contributed by atoms with E-state index in [2.05, 4.69) is 24.0 Å². The van der Waals surface area contributed by atoms with Gasteiger partial charge in [-0.3, -0.25) is 0 Å². The minimum Gasteiger partial charge on any atom is -0.383 e. The fraction of sp³-hybridized carbons (Fsp3) is 0.267. The Kier molecular flexibility index (Phi) is 4.45. The molecule has 1 aromatic heterocycles. The summed E-state index contributed by atoms with van der Waals surface area (Å²) < 4.78 is 0. The van der Waals surface area contributed by atoms with Crippen molar-refractivity contribution in [3.05, 3.63) is 53.2 Å². The quantitative estimate of drug-likeness (QED) is 0.840. The van der Waals surface area contributed by atoms with E-state index >= 15 is 0 Å². The number of hydrogen-bond donors (Lipinski definition) is 2. The second-order valence-electron chi connectivity index (χ2n) is 4.67. The number of nitrogens with zero attached hydrogens (tertiary/aromatic N) is 1. The minimum atomic E-state index is -0.1000. The van der Waals surface area contributed by atoms with E-state index in [1.165, 1.54) is 10.5 Å². The maximum atomic E-state index is 6.22. The van der Waals surface area contributed by atoms with Gasteiger partial charge in [-0.15, -0.1) is 11.8 Å². The van der Waals surface area contributed by atoms with Crippen molar-refractivity contribution in [1.82, 2.24) is 4.98 Å². The number of pyridine rings is 1. The third-order valence-electron chi connectivity index (χ3n) is 3.00. The van der Waals surface area contributed by atoms with Gasteiger partial charge in [0.2, 0.25) is 0 Å². The zero-order valence-corrected chi connectivity index (χ0v) is 12.1. The lowest BCUT2D eigenvalue weighted by atomic mass is 10.1. The van der Waals surface area contributed by atoms with Crippen LogP contribution in [0.4, 0.5) is 5.82 Å². The van der Waals surface area contributed by atoms with Gasteiger partial charge in [-0.25, -0.2) is 4.98 Å². The lowest BCUT2D eigenvalue weighted by Gasteiger charge is -2.14. The molecule has 0 bridgehead atoms. The Morgan fingerprint density at radius 2 is 2.00 bits per heavy atom. The van der Waals surface area contributed by atoms with Crippen molar-refractivity contribution in [2.75, 3.05) is 11.5 Å². The highest BCUT2D eigenvalue weighted by Crippen LogP contribution is 2.27. The molecule has 0 aliphatic rings. The van der Waals surface area contributed by atoms with Crippen LogP contribution in [0.25, 0.3) is 0 Å². The monoisotopic (exact) mass is 273 g/mol. The first-order chi connectivity index (χ1) is 9.08. The summed E-state index contributed by atoms with van der Waals surface area (Å²) in [5.74, 6) is 1.32. The zero-order valence-electron chi connectivity index (χ0n) is 11.3. The highest BCUT2D eigenvalue weighted by molar-refractivity contribution is 7.99. The highest BCUT2D eigenvalue weighted by atomic mass is 32.2. The van der Waals surface area contributed by atoms with Gasteiger partial charge in [-0.05, 0) is 37.1 Å². The normalized spacial score (nSPS) is 12.4. The summed E-state index contributed by atoms with van der Waals surface area (Å²) in [7, 11) is 0. The zero-order chi connectivity index (χ0) is 13.8. The third-order valence-corrected chi connectivity index (χ3v) is 4.29. The van der Waals surface area contributed by atoms with Gasteiger partial charge < -0.3 is 11.5 Å². The fourth-order valence-electron chi connectivity index (χ4n) is 1.89. The number of aromatic nitrogens is 1. The van der Waals surface area contributed by atoms with Crippen LogP contribution in [0, 0.1) is 13.8 Å².